The van der Waals surface area contributed by atoms with E-state index in [9.17, 15) is 9.18 Å². The zero-order valence-electron chi connectivity index (χ0n) is 14.8. The van der Waals surface area contributed by atoms with Crippen molar-refractivity contribution in [3.8, 4) is 17.2 Å². The Bertz CT molecular complexity index is 753. The van der Waals surface area contributed by atoms with Gasteiger partial charge in [0.15, 0.2) is 11.5 Å². The van der Waals surface area contributed by atoms with E-state index in [0.29, 0.717) is 34.2 Å². The Morgan fingerprint density at radius 3 is 2.08 bits per heavy atom. The highest BCUT2D eigenvalue weighted by atomic mass is 19.1. The van der Waals surface area contributed by atoms with Gasteiger partial charge in [0.25, 0.3) is 5.91 Å². The van der Waals surface area contributed by atoms with Crippen LogP contribution in [0.5, 0.6) is 17.2 Å². The van der Waals surface area contributed by atoms with Gasteiger partial charge in [0.1, 0.15) is 5.82 Å². The fraction of sp³-hybridized carbons (Fsp3) is 0.278. The maximum atomic E-state index is 13.6. The Morgan fingerprint density at radius 1 is 1.00 bits per heavy atom. The monoisotopic (exact) mass is 348 g/mol. The van der Waals surface area contributed by atoms with Crippen LogP contribution in [0.15, 0.2) is 30.3 Å². The molecule has 0 saturated heterocycles. The average Bonchev–Trinajstić information content (AvgIpc) is 2.59. The van der Waals surface area contributed by atoms with Gasteiger partial charge in [0.2, 0.25) is 5.75 Å². The molecule has 0 atom stereocenters. The van der Waals surface area contributed by atoms with Crippen molar-refractivity contribution in [3.63, 3.8) is 0 Å². The van der Waals surface area contributed by atoms with Crippen molar-refractivity contribution in [2.24, 2.45) is 0 Å². The van der Waals surface area contributed by atoms with Crippen molar-refractivity contribution < 1.29 is 23.4 Å². The van der Waals surface area contributed by atoms with Crippen molar-refractivity contribution in [1.82, 2.24) is 0 Å². The maximum Gasteiger partial charge on any atom is 0.255 e. The zero-order chi connectivity index (χ0) is 18.6. The van der Waals surface area contributed by atoms with E-state index in [0.717, 1.165) is 0 Å². The van der Waals surface area contributed by atoms with E-state index in [2.05, 4.69) is 5.32 Å². The van der Waals surface area contributed by atoms with Gasteiger partial charge in [-0.05, 0) is 30.3 Å². The van der Waals surface area contributed by atoms with Crippen molar-refractivity contribution >= 4 is 17.3 Å². The number of halogens is 1. The molecule has 2 aromatic rings. The molecule has 1 N–H and O–H groups in total. The van der Waals surface area contributed by atoms with Crippen LogP contribution in [0.1, 0.15) is 10.4 Å². The molecule has 1 amide bonds. The largest absolute Gasteiger partial charge is 0.493 e. The topological polar surface area (TPSA) is 60.0 Å². The molecule has 2 rings (SSSR count). The van der Waals surface area contributed by atoms with E-state index >= 15 is 0 Å². The van der Waals surface area contributed by atoms with Crippen LogP contribution in [-0.2, 0) is 0 Å². The number of methoxy groups -OCH3 is 3. The summed E-state index contributed by atoms with van der Waals surface area (Å²) in [6, 6.07) is 7.27. The number of anilines is 2. The van der Waals surface area contributed by atoms with E-state index in [1.54, 1.807) is 11.0 Å². The van der Waals surface area contributed by atoms with Crippen LogP contribution in [0.25, 0.3) is 0 Å². The Balaban J connectivity index is 2.41. The molecular weight excluding hydrogens is 327 g/mol. The quantitative estimate of drug-likeness (QED) is 0.869. The zero-order valence-corrected chi connectivity index (χ0v) is 14.8. The van der Waals surface area contributed by atoms with E-state index in [1.165, 1.54) is 45.6 Å². The summed E-state index contributed by atoms with van der Waals surface area (Å²) in [5.41, 5.74) is 1.34. The van der Waals surface area contributed by atoms with Crippen molar-refractivity contribution in [1.29, 1.82) is 0 Å². The molecule has 0 bridgehead atoms. The van der Waals surface area contributed by atoms with Gasteiger partial charge in [-0.2, -0.15) is 0 Å². The number of carbonyl (C=O) groups excluding carboxylic acids is 1. The third-order valence-electron chi connectivity index (χ3n) is 3.62. The first-order chi connectivity index (χ1) is 11.9. The normalized spacial score (nSPS) is 10.2. The molecule has 0 heterocycles. The Morgan fingerprint density at radius 2 is 1.60 bits per heavy atom. The molecule has 7 heteroatoms. The predicted octanol–water partition coefficient (Wildman–Crippen LogP) is 3.17. The predicted molar refractivity (Wildman–Crippen MR) is 94.8 cm³/mol. The Labute approximate surface area is 146 Å². The van der Waals surface area contributed by atoms with Crippen LogP contribution in [-0.4, -0.2) is 41.3 Å². The maximum absolute atomic E-state index is 13.6. The van der Waals surface area contributed by atoms with Gasteiger partial charge < -0.3 is 24.4 Å². The molecule has 0 spiro atoms. The number of nitrogens with one attached hydrogen (secondary N) is 1. The third kappa shape index (κ3) is 3.93. The molecule has 0 aromatic heterocycles. The van der Waals surface area contributed by atoms with Crippen LogP contribution in [0.4, 0.5) is 15.8 Å². The molecule has 0 aliphatic rings. The molecule has 0 aliphatic heterocycles. The number of carbonyl (C=O) groups is 1. The lowest BCUT2D eigenvalue weighted by atomic mass is 10.1. The Hall–Kier alpha value is -2.96. The number of benzene rings is 2. The molecule has 0 fully saturated rings. The van der Waals surface area contributed by atoms with Crippen molar-refractivity contribution in [3.05, 3.63) is 41.7 Å². The van der Waals surface area contributed by atoms with E-state index < -0.39 is 11.7 Å². The number of rotatable bonds is 6. The second-order valence-electron chi connectivity index (χ2n) is 5.42. The summed E-state index contributed by atoms with van der Waals surface area (Å²) >= 11 is 0. The molecule has 134 valence electrons. The lowest BCUT2D eigenvalue weighted by molar-refractivity contribution is 0.102. The van der Waals surface area contributed by atoms with Gasteiger partial charge >= 0.3 is 0 Å². The summed E-state index contributed by atoms with van der Waals surface area (Å²) in [6.45, 7) is 0. The number of amides is 1. The highest BCUT2D eigenvalue weighted by Gasteiger charge is 2.18. The summed E-state index contributed by atoms with van der Waals surface area (Å²) in [5, 5.41) is 2.72. The van der Waals surface area contributed by atoms with Crippen LogP contribution >= 0.6 is 0 Å². The first-order valence-electron chi connectivity index (χ1n) is 7.49. The lowest BCUT2D eigenvalue weighted by Gasteiger charge is -2.18. The summed E-state index contributed by atoms with van der Waals surface area (Å²) in [6.07, 6.45) is 0. The highest BCUT2D eigenvalue weighted by molar-refractivity contribution is 6.06. The van der Waals surface area contributed by atoms with Crippen molar-refractivity contribution in [2.45, 2.75) is 0 Å². The molecule has 0 saturated carbocycles. The number of nitrogens with zero attached hydrogens (tertiary/aromatic N) is 1. The van der Waals surface area contributed by atoms with E-state index in [1.807, 2.05) is 14.1 Å². The standard InChI is InChI=1S/C18H21FN2O4/c1-21(2)14-7-6-12(19)10-13(14)20-18(22)11-8-15(23-3)17(25-5)16(9-11)24-4/h6-10H,1-5H3,(H,20,22). The minimum Gasteiger partial charge on any atom is -0.493 e. The van der Waals surface area contributed by atoms with Gasteiger partial charge in [-0.1, -0.05) is 0 Å². The highest BCUT2D eigenvalue weighted by Crippen LogP contribution is 2.38. The van der Waals surface area contributed by atoms with Gasteiger partial charge in [0.05, 0.1) is 32.7 Å². The molecule has 6 nitrogen and oxygen atoms in total. The first kappa shape index (κ1) is 18.4. The molecule has 0 aliphatic carbocycles. The third-order valence-corrected chi connectivity index (χ3v) is 3.62. The van der Waals surface area contributed by atoms with Gasteiger partial charge in [-0.15, -0.1) is 0 Å². The van der Waals surface area contributed by atoms with Gasteiger partial charge in [-0.3, -0.25) is 4.79 Å². The lowest BCUT2D eigenvalue weighted by Crippen LogP contribution is -2.17. The number of hydrogen-bond acceptors (Lipinski definition) is 5. The van der Waals surface area contributed by atoms with Crippen molar-refractivity contribution in [2.75, 3.05) is 45.6 Å². The van der Waals surface area contributed by atoms with Gasteiger partial charge in [0, 0.05) is 19.7 Å². The molecule has 0 unspecified atom stereocenters. The summed E-state index contributed by atoms with van der Waals surface area (Å²) in [4.78, 5) is 14.4. The summed E-state index contributed by atoms with van der Waals surface area (Å²) < 4.78 is 29.3. The smallest absolute Gasteiger partial charge is 0.255 e. The fourth-order valence-corrected chi connectivity index (χ4v) is 2.41. The minimum atomic E-state index is -0.439. The number of hydrogen-bond donors (Lipinski definition) is 1. The molecule has 2 aromatic carbocycles. The SMILES string of the molecule is COc1cc(C(=O)Nc2cc(F)ccc2N(C)C)cc(OC)c1OC. The molecule has 0 radical (unpaired) electrons. The van der Waals surface area contributed by atoms with E-state index in [-0.39, 0.29) is 0 Å². The summed E-state index contributed by atoms with van der Waals surface area (Å²) in [5.74, 6) is 0.248. The fourth-order valence-electron chi connectivity index (χ4n) is 2.41. The average molecular weight is 348 g/mol. The van der Waals surface area contributed by atoms with Crippen LogP contribution in [0, 0.1) is 5.82 Å². The minimum absolute atomic E-state index is 0.295. The molecule has 25 heavy (non-hydrogen) atoms. The van der Waals surface area contributed by atoms with E-state index in [4.69, 9.17) is 14.2 Å². The second-order valence-corrected chi connectivity index (χ2v) is 5.42. The van der Waals surface area contributed by atoms with Crippen LogP contribution < -0.4 is 24.4 Å². The molecular formula is C18H21FN2O4. The summed E-state index contributed by atoms with van der Waals surface area (Å²) in [7, 11) is 8.03. The Kier molecular flexibility index (Phi) is 5.69. The van der Waals surface area contributed by atoms with Crippen LogP contribution in [0.2, 0.25) is 0 Å². The van der Waals surface area contributed by atoms with Gasteiger partial charge in [-0.25, -0.2) is 4.39 Å². The van der Waals surface area contributed by atoms with Crippen LogP contribution in [0.3, 0.4) is 0 Å². The number of ether oxygens (including phenoxy) is 3. The first-order valence-corrected chi connectivity index (χ1v) is 7.49. The second kappa shape index (κ2) is 7.74.